The normalized spacial score (nSPS) is 10.9. The van der Waals surface area contributed by atoms with E-state index in [1.54, 1.807) is 0 Å². The molecule has 0 amide bonds. The average Bonchev–Trinajstić information content (AvgIpc) is 1.12. The third-order valence-corrected chi connectivity index (χ3v) is 0. The topological polar surface area (TPSA) is 0 Å². The van der Waals surface area contributed by atoms with Crippen LogP contribution in [0, 0.1) is 0 Å². The van der Waals surface area contributed by atoms with Crippen LogP contribution in [0.3, 0.4) is 0 Å². The maximum absolute atomic E-state index is 9.75. The van der Waals surface area contributed by atoms with E-state index in [2.05, 4.69) is 0 Å². The molecule has 0 N–H and O–H groups in total. The Morgan fingerprint density at radius 1 is 0.455 bits per heavy atom. The molecule has 11 heavy (non-hydrogen) atoms. The molecule has 0 aromatic carbocycles. The zero-order chi connectivity index (χ0) is 9.00. The molecule has 0 unspecified atom stereocenters. The summed E-state index contributed by atoms with van der Waals surface area (Å²) in [6.45, 7) is 0. The van der Waals surface area contributed by atoms with Crippen molar-refractivity contribution in [3.63, 3.8) is 0 Å². The number of halogens is 8. The molecule has 0 bridgehead atoms. The van der Waals surface area contributed by atoms with Crippen molar-refractivity contribution in [3.8, 4) is 0 Å². The second-order valence-electron chi connectivity index (χ2n) is 0.990. The standard InChI is InChI=1S/CH4.2BF4/c;2*2-1(3,4)5/h1H4;;/q;2*-1. The van der Waals surface area contributed by atoms with E-state index in [1.807, 2.05) is 0 Å². The van der Waals surface area contributed by atoms with E-state index in [1.165, 1.54) is 0 Å². The van der Waals surface area contributed by atoms with Gasteiger partial charge in [0, 0.05) is 0 Å². The van der Waals surface area contributed by atoms with Gasteiger partial charge >= 0.3 is 14.5 Å². The van der Waals surface area contributed by atoms with Gasteiger partial charge in [0.25, 0.3) is 0 Å². The van der Waals surface area contributed by atoms with E-state index in [0.29, 0.717) is 0 Å². The largest absolute Gasteiger partial charge is 0.673 e. The second-order valence-corrected chi connectivity index (χ2v) is 0.990. The zero-order valence-corrected chi connectivity index (χ0v) is 4.18. The smallest absolute Gasteiger partial charge is 0.418 e. The molecule has 0 fully saturated rings. The van der Waals surface area contributed by atoms with Gasteiger partial charge in [-0.15, -0.1) is 0 Å². The Bertz CT molecular complexity index is 55.1. The molecule has 0 saturated carbocycles. The highest BCUT2D eigenvalue weighted by Crippen LogP contribution is 2.07. The molecule has 0 radical (unpaired) electrons. The molecular weight excluding hydrogens is 186 g/mol. The van der Waals surface area contributed by atoms with E-state index in [0.717, 1.165) is 0 Å². The van der Waals surface area contributed by atoms with E-state index in [4.69, 9.17) is 0 Å². The fourth-order valence-electron chi connectivity index (χ4n) is 0. The molecule has 72 valence electrons. The van der Waals surface area contributed by atoms with Crippen molar-refractivity contribution >= 4 is 14.5 Å². The third kappa shape index (κ3) is 2960. The highest BCUT2D eigenvalue weighted by atomic mass is 19.5. The van der Waals surface area contributed by atoms with Gasteiger partial charge in [0.05, 0.1) is 0 Å². The monoisotopic (exact) mass is 190 g/mol. The van der Waals surface area contributed by atoms with Crippen LogP contribution in [-0.4, -0.2) is 14.5 Å². The minimum atomic E-state index is -6.00. The highest BCUT2D eigenvalue weighted by Gasteiger charge is 2.21. The van der Waals surface area contributed by atoms with E-state index in [-0.39, 0.29) is 7.43 Å². The molecule has 0 spiro atoms. The molecule has 0 aromatic rings. The van der Waals surface area contributed by atoms with Crippen LogP contribution in [-0.2, 0) is 0 Å². The Morgan fingerprint density at radius 3 is 0.455 bits per heavy atom. The minimum Gasteiger partial charge on any atom is -0.418 e. The zero-order valence-electron chi connectivity index (χ0n) is 4.18. The van der Waals surface area contributed by atoms with Crippen LogP contribution < -0.4 is 0 Å². The molecule has 0 rings (SSSR count). The molecule has 0 saturated heterocycles. The summed E-state index contributed by atoms with van der Waals surface area (Å²) >= 11 is 0. The molecule has 0 aliphatic heterocycles. The summed E-state index contributed by atoms with van der Waals surface area (Å²) in [5.41, 5.74) is 0. The lowest BCUT2D eigenvalue weighted by atomic mass is 10.3. The Labute approximate surface area is 57.8 Å². The fraction of sp³-hybridized carbons (Fsp3) is 1.00. The van der Waals surface area contributed by atoms with Crippen LogP contribution in [0.25, 0.3) is 0 Å². The van der Waals surface area contributed by atoms with Gasteiger partial charge in [-0.25, -0.2) is 0 Å². The van der Waals surface area contributed by atoms with Crippen LogP contribution >= 0.6 is 0 Å². The summed E-state index contributed by atoms with van der Waals surface area (Å²) in [4.78, 5) is 0. The summed E-state index contributed by atoms with van der Waals surface area (Å²) in [7, 11) is -12.0. The lowest BCUT2D eigenvalue weighted by Crippen LogP contribution is -2.02. The predicted octanol–water partition coefficient (Wildman–Crippen LogP) is 3.24. The van der Waals surface area contributed by atoms with Crippen LogP contribution in [0.2, 0.25) is 0 Å². The quantitative estimate of drug-likeness (QED) is 0.406. The van der Waals surface area contributed by atoms with Crippen LogP contribution in [0.1, 0.15) is 7.43 Å². The van der Waals surface area contributed by atoms with Crippen molar-refractivity contribution in [2.75, 3.05) is 0 Å². The second kappa shape index (κ2) is 5.25. The Morgan fingerprint density at radius 2 is 0.455 bits per heavy atom. The molecule has 0 heterocycles. The minimum absolute atomic E-state index is 0. The van der Waals surface area contributed by atoms with E-state index < -0.39 is 14.5 Å². The number of rotatable bonds is 0. The number of hydrogen-bond acceptors (Lipinski definition) is 0. The highest BCUT2D eigenvalue weighted by molar-refractivity contribution is 6.50. The van der Waals surface area contributed by atoms with E-state index >= 15 is 0 Å². The molecule has 10 heteroatoms. The van der Waals surface area contributed by atoms with Crippen LogP contribution in [0.5, 0.6) is 0 Å². The first-order valence-corrected chi connectivity index (χ1v) is 1.75. The summed E-state index contributed by atoms with van der Waals surface area (Å²) in [6, 6.07) is 0. The lowest BCUT2D eigenvalue weighted by molar-refractivity contribution is 0.366. The van der Waals surface area contributed by atoms with Crippen molar-refractivity contribution in [2.24, 2.45) is 0 Å². The van der Waals surface area contributed by atoms with Gasteiger partial charge in [-0.2, -0.15) is 0 Å². The van der Waals surface area contributed by atoms with Gasteiger partial charge in [0.2, 0.25) is 0 Å². The molecule has 0 nitrogen and oxygen atoms in total. The summed E-state index contributed by atoms with van der Waals surface area (Å²) in [5, 5.41) is 0. The first kappa shape index (κ1) is 16.9. The van der Waals surface area contributed by atoms with Crippen molar-refractivity contribution in [3.05, 3.63) is 0 Å². The summed E-state index contributed by atoms with van der Waals surface area (Å²) in [5.74, 6) is 0. The Balaban J connectivity index is -0.000000107. The maximum atomic E-state index is 9.75. The molecule has 0 aliphatic rings. The van der Waals surface area contributed by atoms with Crippen molar-refractivity contribution in [2.45, 2.75) is 7.43 Å². The predicted molar refractivity (Wildman–Crippen MR) is 27.1 cm³/mol. The van der Waals surface area contributed by atoms with Crippen LogP contribution in [0.15, 0.2) is 0 Å². The first-order valence-electron chi connectivity index (χ1n) is 1.75. The lowest BCUT2D eigenvalue weighted by Gasteiger charge is -1.94. The first-order chi connectivity index (χ1) is 4.00. The van der Waals surface area contributed by atoms with Gasteiger partial charge < -0.3 is 34.5 Å². The van der Waals surface area contributed by atoms with Crippen LogP contribution in [0.4, 0.5) is 34.5 Å². The van der Waals surface area contributed by atoms with E-state index in [9.17, 15) is 34.5 Å². The van der Waals surface area contributed by atoms with Gasteiger partial charge in [-0.3, -0.25) is 0 Å². The van der Waals surface area contributed by atoms with Crippen molar-refractivity contribution < 1.29 is 34.5 Å². The molecular formula is CH4B2F8-2. The average molecular weight is 190 g/mol. The summed E-state index contributed by atoms with van der Waals surface area (Å²) < 4.78 is 78.0. The maximum Gasteiger partial charge on any atom is 0.673 e. The van der Waals surface area contributed by atoms with Crippen molar-refractivity contribution in [1.29, 1.82) is 0 Å². The van der Waals surface area contributed by atoms with Gasteiger partial charge in [-0.05, 0) is 0 Å². The van der Waals surface area contributed by atoms with Gasteiger partial charge in [0.15, 0.2) is 0 Å². The van der Waals surface area contributed by atoms with Crippen molar-refractivity contribution in [1.82, 2.24) is 0 Å². The number of hydrogen-bond donors (Lipinski definition) is 0. The molecule has 0 atom stereocenters. The molecule has 0 aliphatic carbocycles. The van der Waals surface area contributed by atoms with Gasteiger partial charge in [-0.1, -0.05) is 7.43 Å². The molecule has 0 aromatic heterocycles. The third-order valence-electron chi connectivity index (χ3n) is 0. The van der Waals surface area contributed by atoms with Gasteiger partial charge in [0.1, 0.15) is 0 Å². The Hall–Kier alpha value is -0.430. The summed E-state index contributed by atoms with van der Waals surface area (Å²) in [6.07, 6.45) is 0. The Kier molecular flexibility index (Phi) is 8.06. The SMILES string of the molecule is C.F[B-](F)(F)F.F[B-](F)(F)F. The fourth-order valence-corrected chi connectivity index (χ4v) is 0.